The number of anilines is 1. The van der Waals surface area contributed by atoms with Gasteiger partial charge < -0.3 is 9.80 Å². The molecule has 19 heavy (non-hydrogen) atoms. The van der Waals surface area contributed by atoms with Crippen LogP contribution in [0.25, 0.3) is 0 Å². The molecule has 1 heterocycles. The molecule has 1 fully saturated rings. The van der Waals surface area contributed by atoms with Crippen LogP contribution in [0.4, 0.5) is 5.69 Å². The van der Waals surface area contributed by atoms with Gasteiger partial charge in [-0.3, -0.25) is 4.79 Å². The van der Waals surface area contributed by atoms with Crippen LogP contribution in [0.2, 0.25) is 0 Å². The Balaban J connectivity index is 2.11. The third-order valence-corrected chi connectivity index (χ3v) is 3.74. The van der Waals surface area contributed by atoms with Crippen LogP contribution in [0.5, 0.6) is 0 Å². The van der Waals surface area contributed by atoms with Gasteiger partial charge in [0.25, 0.3) is 0 Å². The van der Waals surface area contributed by atoms with E-state index in [2.05, 4.69) is 6.07 Å². The summed E-state index contributed by atoms with van der Waals surface area (Å²) in [6.07, 6.45) is 2.21. The Hall–Kier alpha value is -2.02. The molecule has 1 unspecified atom stereocenters. The van der Waals surface area contributed by atoms with E-state index in [1.807, 2.05) is 42.0 Å². The van der Waals surface area contributed by atoms with E-state index in [4.69, 9.17) is 5.26 Å². The molecule has 0 aromatic heterocycles. The molecule has 0 bridgehead atoms. The molecule has 0 N–H and O–H groups in total. The summed E-state index contributed by atoms with van der Waals surface area (Å²) in [5.41, 5.74) is 1.52. The van der Waals surface area contributed by atoms with Crippen LogP contribution < -0.4 is 4.90 Å². The van der Waals surface area contributed by atoms with Crippen molar-refractivity contribution in [2.75, 3.05) is 25.0 Å². The van der Waals surface area contributed by atoms with E-state index < -0.39 is 0 Å². The van der Waals surface area contributed by atoms with Crippen LogP contribution in [-0.2, 0) is 4.79 Å². The zero-order valence-corrected chi connectivity index (χ0v) is 11.5. The number of nitriles is 1. The average Bonchev–Trinajstić information content (AvgIpc) is 2.99. The number of likely N-dealkylation sites (N-methyl/N-ethyl adjacent to an activating group) is 1. The maximum atomic E-state index is 12.3. The van der Waals surface area contributed by atoms with E-state index in [-0.39, 0.29) is 11.9 Å². The summed E-state index contributed by atoms with van der Waals surface area (Å²) in [7, 11) is 1.90. The third-order valence-electron chi connectivity index (χ3n) is 3.74. The first-order valence-electron chi connectivity index (χ1n) is 6.65. The van der Waals surface area contributed by atoms with Gasteiger partial charge in [0.2, 0.25) is 5.91 Å². The summed E-state index contributed by atoms with van der Waals surface area (Å²) in [6.45, 7) is 3.66. The third kappa shape index (κ3) is 2.87. The molecule has 4 heteroatoms. The van der Waals surface area contributed by atoms with E-state index in [9.17, 15) is 4.79 Å². The van der Waals surface area contributed by atoms with E-state index in [1.54, 1.807) is 6.07 Å². The summed E-state index contributed by atoms with van der Waals surface area (Å²) in [5, 5.41) is 8.92. The lowest BCUT2D eigenvalue weighted by molar-refractivity contribution is -0.131. The largest absolute Gasteiger partial charge is 0.363 e. The average molecular weight is 257 g/mol. The summed E-state index contributed by atoms with van der Waals surface area (Å²) >= 11 is 0. The van der Waals surface area contributed by atoms with Crippen molar-refractivity contribution in [1.29, 1.82) is 5.26 Å². The van der Waals surface area contributed by atoms with Gasteiger partial charge in [-0.1, -0.05) is 6.07 Å². The summed E-state index contributed by atoms with van der Waals surface area (Å²) in [5.74, 6) is 0.169. The smallest absolute Gasteiger partial charge is 0.244 e. The molecule has 0 radical (unpaired) electrons. The first kappa shape index (κ1) is 13.4. The van der Waals surface area contributed by atoms with Gasteiger partial charge in [0.05, 0.1) is 11.6 Å². The van der Waals surface area contributed by atoms with Crippen molar-refractivity contribution >= 4 is 11.6 Å². The first-order valence-corrected chi connectivity index (χ1v) is 6.65. The van der Waals surface area contributed by atoms with Crippen molar-refractivity contribution in [3.05, 3.63) is 29.8 Å². The number of nitrogens with zero attached hydrogens (tertiary/aromatic N) is 3. The number of likely N-dealkylation sites (tertiary alicyclic amines) is 1. The number of amides is 1. The predicted molar refractivity (Wildman–Crippen MR) is 74.8 cm³/mol. The fourth-order valence-corrected chi connectivity index (χ4v) is 2.39. The highest BCUT2D eigenvalue weighted by molar-refractivity contribution is 5.85. The maximum Gasteiger partial charge on any atom is 0.244 e. The molecule has 1 aliphatic heterocycles. The molecule has 100 valence electrons. The summed E-state index contributed by atoms with van der Waals surface area (Å²) < 4.78 is 0. The van der Waals surface area contributed by atoms with Gasteiger partial charge in [0.15, 0.2) is 0 Å². The van der Waals surface area contributed by atoms with Gasteiger partial charge >= 0.3 is 0 Å². The minimum atomic E-state index is -0.202. The van der Waals surface area contributed by atoms with Gasteiger partial charge in [0.1, 0.15) is 6.04 Å². The molecular weight excluding hydrogens is 238 g/mol. The van der Waals surface area contributed by atoms with E-state index >= 15 is 0 Å². The summed E-state index contributed by atoms with van der Waals surface area (Å²) in [6, 6.07) is 9.27. The lowest BCUT2D eigenvalue weighted by Gasteiger charge is -2.29. The second kappa shape index (κ2) is 5.75. The molecule has 4 nitrogen and oxygen atoms in total. The molecule has 2 rings (SSSR count). The Morgan fingerprint density at radius 3 is 2.74 bits per heavy atom. The van der Waals surface area contributed by atoms with Crippen LogP contribution in [0, 0.1) is 11.3 Å². The van der Waals surface area contributed by atoms with Crippen molar-refractivity contribution in [2.24, 2.45) is 0 Å². The quantitative estimate of drug-likeness (QED) is 0.832. The van der Waals surface area contributed by atoms with Crippen molar-refractivity contribution < 1.29 is 4.79 Å². The molecule has 1 amide bonds. The molecule has 1 aliphatic rings. The Kier molecular flexibility index (Phi) is 4.06. The Bertz CT molecular complexity index is 500. The molecular formula is C15H19N3O. The van der Waals surface area contributed by atoms with Crippen molar-refractivity contribution in [3.8, 4) is 6.07 Å². The van der Waals surface area contributed by atoms with Crippen LogP contribution >= 0.6 is 0 Å². The second-order valence-corrected chi connectivity index (χ2v) is 4.98. The highest BCUT2D eigenvalue weighted by Gasteiger charge is 2.26. The lowest BCUT2D eigenvalue weighted by Crippen LogP contribution is -2.44. The normalized spacial score (nSPS) is 15.9. The van der Waals surface area contributed by atoms with Crippen LogP contribution in [0.3, 0.4) is 0 Å². The predicted octanol–water partition coefficient (Wildman–Crippen LogP) is 2.01. The first-order chi connectivity index (χ1) is 9.13. The van der Waals surface area contributed by atoms with Crippen LogP contribution in [0.1, 0.15) is 25.3 Å². The van der Waals surface area contributed by atoms with Crippen molar-refractivity contribution in [1.82, 2.24) is 4.90 Å². The topological polar surface area (TPSA) is 47.3 Å². The Morgan fingerprint density at radius 2 is 2.11 bits per heavy atom. The van der Waals surface area contributed by atoms with Crippen molar-refractivity contribution in [2.45, 2.75) is 25.8 Å². The maximum absolute atomic E-state index is 12.3. The number of benzene rings is 1. The van der Waals surface area contributed by atoms with Gasteiger partial charge in [-0.05, 0) is 38.0 Å². The molecule has 0 aliphatic carbocycles. The molecule has 0 spiro atoms. The number of rotatable bonds is 3. The molecule has 1 aromatic rings. The fourth-order valence-electron chi connectivity index (χ4n) is 2.39. The monoisotopic (exact) mass is 257 g/mol. The molecule has 0 saturated carbocycles. The van der Waals surface area contributed by atoms with E-state index in [0.717, 1.165) is 31.6 Å². The minimum absolute atomic E-state index is 0.169. The van der Waals surface area contributed by atoms with Gasteiger partial charge in [0, 0.05) is 25.8 Å². The number of hydrogen-bond donors (Lipinski definition) is 0. The summed E-state index contributed by atoms with van der Waals surface area (Å²) in [4.78, 5) is 16.2. The van der Waals surface area contributed by atoms with Crippen LogP contribution in [0.15, 0.2) is 24.3 Å². The SMILES string of the molecule is CC(C(=O)N1CCCC1)N(C)c1cccc(C#N)c1. The number of hydrogen-bond acceptors (Lipinski definition) is 3. The molecule has 1 saturated heterocycles. The number of carbonyl (C=O) groups excluding carboxylic acids is 1. The highest BCUT2D eigenvalue weighted by Crippen LogP contribution is 2.19. The number of carbonyl (C=O) groups is 1. The van der Waals surface area contributed by atoms with Gasteiger partial charge in [-0.15, -0.1) is 0 Å². The van der Waals surface area contributed by atoms with E-state index in [1.165, 1.54) is 0 Å². The molecule has 1 aromatic carbocycles. The van der Waals surface area contributed by atoms with Gasteiger partial charge in [-0.2, -0.15) is 5.26 Å². The van der Waals surface area contributed by atoms with Crippen LogP contribution in [-0.4, -0.2) is 37.0 Å². The Labute approximate surface area is 114 Å². The lowest BCUT2D eigenvalue weighted by atomic mass is 10.1. The zero-order chi connectivity index (χ0) is 13.8. The second-order valence-electron chi connectivity index (χ2n) is 4.98. The van der Waals surface area contributed by atoms with Gasteiger partial charge in [-0.25, -0.2) is 0 Å². The fraction of sp³-hybridized carbons (Fsp3) is 0.467. The Morgan fingerprint density at radius 1 is 1.42 bits per heavy atom. The minimum Gasteiger partial charge on any atom is -0.363 e. The standard InChI is InChI=1S/C15H19N3O/c1-12(15(19)18-8-3-4-9-18)17(2)14-7-5-6-13(10-14)11-16/h5-7,10,12H,3-4,8-9H2,1-2H3. The van der Waals surface area contributed by atoms with E-state index in [0.29, 0.717) is 5.56 Å². The molecule has 1 atom stereocenters. The zero-order valence-electron chi connectivity index (χ0n) is 11.5. The highest BCUT2D eigenvalue weighted by atomic mass is 16.2. The van der Waals surface area contributed by atoms with Crippen molar-refractivity contribution in [3.63, 3.8) is 0 Å².